The molecule has 0 spiro atoms. The third kappa shape index (κ3) is 2.83. The number of nitrogens with one attached hydrogen (secondary N) is 2. The Labute approximate surface area is 117 Å². The van der Waals surface area contributed by atoms with Crippen LogP contribution in [0, 0.1) is 11.6 Å². The van der Waals surface area contributed by atoms with Crippen molar-refractivity contribution in [1.29, 1.82) is 0 Å². The summed E-state index contributed by atoms with van der Waals surface area (Å²) in [5, 5.41) is 9.31. The van der Waals surface area contributed by atoms with Crippen LogP contribution in [0.5, 0.6) is 0 Å². The first-order valence-electron chi connectivity index (χ1n) is 5.48. The van der Waals surface area contributed by atoms with E-state index in [-0.39, 0.29) is 22.0 Å². The van der Waals surface area contributed by atoms with Gasteiger partial charge in [-0.15, -0.1) is 0 Å². The first kappa shape index (κ1) is 14.1. The summed E-state index contributed by atoms with van der Waals surface area (Å²) >= 11 is 5.72. The Hall–Kier alpha value is -2.28. The van der Waals surface area contributed by atoms with Crippen LogP contribution < -0.4 is 11.0 Å². The van der Waals surface area contributed by atoms with Gasteiger partial charge in [0.2, 0.25) is 0 Å². The minimum absolute atomic E-state index is 0.0666. The molecule has 20 heavy (non-hydrogen) atoms. The molecule has 0 atom stereocenters. The summed E-state index contributed by atoms with van der Waals surface area (Å²) in [5.74, 6) is -1.47. The summed E-state index contributed by atoms with van der Waals surface area (Å²) in [4.78, 5) is 11.2. The summed E-state index contributed by atoms with van der Waals surface area (Å²) in [6.07, 6.45) is 1.23. The molecule has 0 saturated heterocycles. The number of H-pyrrole nitrogens is 1. The van der Waals surface area contributed by atoms with Gasteiger partial charge in [-0.25, -0.2) is 13.9 Å². The van der Waals surface area contributed by atoms with Crippen LogP contribution >= 0.6 is 11.6 Å². The SMILES string of the molecule is C/C(=N/Nc1cn[nH]c(=O)c1Cl)c1c(F)cccc1F. The van der Waals surface area contributed by atoms with Crippen molar-refractivity contribution in [3.05, 3.63) is 57.0 Å². The fraction of sp³-hybridized carbons (Fsp3) is 0.0833. The van der Waals surface area contributed by atoms with E-state index in [4.69, 9.17) is 11.6 Å². The van der Waals surface area contributed by atoms with Gasteiger partial charge < -0.3 is 0 Å². The maximum absolute atomic E-state index is 13.5. The molecule has 0 bridgehead atoms. The number of benzene rings is 1. The fourth-order valence-corrected chi connectivity index (χ4v) is 1.64. The quantitative estimate of drug-likeness (QED) is 0.676. The molecule has 0 aliphatic carbocycles. The van der Waals surface area contributed by atoms with Gasteiger partial charge in [-0.3, -0.25) is 10.2 Å². The van der Waals surface area contributed by atoms with Gasteiger partial charge in [0.15, 0.2) is 0 Å². The van der Waals surface area contributed by atoms with E-state index in [1.54, 1.807) is 0 Å². The van der Waals surface area contributed by atoms with Crippen molar-refractivity contribution in [3.8, 4) is 0 Å². The van der Waals surface area contributed by atoms with Crippen LogP contribution in [0.25, 0.3) is 0 Å². The highest BCUT2D eigenvalue weighted by Gasteiger charge is 2.12. The van der Waals surface area contributed by atoms with E-state index in [2.05, 4.69) is 20.7 Å². The lowest BCUT2D eigenvalue weighted by Gasteiger charge is -2.06. The molecule has 2 aromatic rings. The fourth-order valence-electron chi connectivity index (χ4n) is 1.50. The summed E-state index contributed by atoms with van der Waals surface area (Å²) in [6, 6.07) is 3.50. The Kier molecular flexibility index (Phi) is 4.09. The molecular formula is C12H9ClF2N4O. The summed E-state index contributed by atoms with van der Waals surface area (Å²) in [5.41, 5.74) is 1.79. The van der Waals surface area contributed by atoms with Gasteiger partial charge in [-0.2, -0.15) is 10.2 Å². The molecule has 0 amide bonds. The Morgan fingerprint density at radius 2 is 2.05 bits per heavy atom. The number of nitrogens with zero attached hydrogens (tertiary/aromatic N) is 2. The van der Waals surface area contributed by atoms with Crippen LogP contribution in [0.1, 0.15) is 12.5 Å². The summed E-state index contributed by atoms with van der Waals surface area (Å²) in [7, 11) is 0. The van der Waals surface area contributed by atoms with E-state index in [1.807, 2.05) is 0 Å². The molecule has 0 unspecified atom stereocenters. The standard InChI is InChI=1S/C12H9ClF2N4O/c1-6(10-7(14)3-2-4-8(10)15)17-18-9-5-16-19-12(20)11(9)13/h2-5H,1H3,(H2,18,19,20)/b17-6-. The minimum atomic E-state index is -0.733. The van der Waals surface area contributed by atoms with Gasteiger partial charge in [0.25, 0.3) is 5.56 Å². The molecule has 1 aromatic heterocycles. The van der Waals surface area contributed by atoms with Crippen LogP contribution in [-0.4, -0.2) is 15.9 Å². The second-order valence-corrected chi connectivity index (χ2v) is 4.21. The molecule has 0 radical (unpaired) electrons. The molecule has 5 nitrogen and oxygen atoms in total. The largest absolute Gasteiger partial charge is 0.285 e. The van der Waals surface area contributed by atoms with Gasteiger partial charge >= 0.3 is 0 Å². The van der Waals surface area contributed by atoms with Crippen molar-refractivity contribution in [2.45, 2.75) is 6.92 Å². The van der Waals surface area contributed by atoms with Crippen LogP contribution in [-0.2, 0) is 0 Å². The first-order valence-corrected chi connectivity index (χ1v) is 5.86. The average Bonchev–Trinajstić information content (AvgIpc) is 2.40. The number of aromatic amines is 1. The van der Waals surface area contributed by atoms with Crippen LogP contribution in [0.4, 0.5) is 14.5 Å². The Morgan fingerprint density at radius 1 is 1.40 bits per heavy atom. The molecule has 8 heteroatoms. The highest BCUT2D eigenvalue weighted by atomic mass is 35.5. The van der Waals surface area contributed by atoms with E-state index in [0.717, 1.165) is 12.1 Å². The molecule has 2 rings (SSSR count). The van der Waals surface area contributed by atoms with Gasteiger partial charge in [-0.05, 0) is 19.1 Å². The maximum Gasteiger partial charge on any atom is 0.285 e. The second kappa shape index (κ2) is 5.79. The van der Waals surface area contributed by atoms with Gasteiger partial charge in [0.05, 0.1) is 17.5 Å². The lowest BCUT2D eigenvalue weighted by Crippen LogP contribution is -2.11. The Balaban J connectivity index is 2.32. The summed E-state index contributed by atoms with van der Waals surface area (Å²) in [6.45, 7) is 1.42. The molecule has 1 aromatic carbocycles. The molecule has 0 aliphatic rings. The predicted octanol–water partition coefficient (Wildman–Crippen LogP) is 2.54. The lowest BCUT2D eigenvalue weighted by molar-refractivity contribution is 0.579. The number of halogens is 3. The number of aromatic nitrogens is 2. The van der Waals surface area contributed by atoms with Crippen molar-refractivity contribution in [3.63, 3.8) is 0 Å². The predicted molar refractivity (Wildman–Crippen MR) is 72.1 cm³/mol. The molecule has 0 aliphatic heterocycles. The third-order valence-electron chi connectivity index (χ3n) is 2.46. The van der Waals surface area contributed by atoms with Crippen molar-refractivity contribution in [2.75, 3.05) is 5.43 Å². The number of rotatable bonds is 3. The van der Waals surface area contributed by atoms with E-state index < -0.39 is 17.2 Å². The van der Waals surface area contributed by atoms with Crippen LogP contribution in [0.3, 0.4) is 0 Å². The van der Waals surface area contributed by atoms with E-state index in [1.165, 1.54) is 19.2 Å². The number of hydrazone groups is 1. The molecule has 0 fully saturated rings. The average molecular weight is 299 g/mol. The Bertz CT molecular complexity index is 709. The van der Waals surface area contributed by atoms with E-state index in [0.29, 0.717) is 0 Å². The number of hydrogen-bond acceptors (Lipinski definition) is 4. The number of hydrogen-bond donors (Lipinski definition) is 2. The second-order valence-electron chi connectivity index (χ2n) is 3.83. The summed E-state index contributed by atoms with van der Waals surface area (Å²) < 4.78 is 27.1. The smallest absolute Gasteiger partial charge is 0.275 e. The highest BCUT2D eigenvalue weighted by Crippen LogP contribution is 2.16. The van der Waals surface area contributed by atoms with E-state index >= 15 is 0 Å². The molecule has 0 saturated carbocycles. The monoisotopic (exact) mass is 298 g/mol. The van der Waals surface area contributed by atoms with Crippen molar-refractivity contribution in [2.24, 2.45) is 5.10 Å². The van der Waals surface area contributed by atoms with Gasteiger partial charge in [0.1, 0.15) is 22.3 Å². The normalized spacial score (nSPS) is 11.5. The zero-order valence-corrected chi connectivity index (χ0v) is 11.0. The first-order chi connectivity index (χ1) is 9.50. The topological polar surface area (TPSA) is 70.1 Å². The lowest BCUT2D eigenvalue weighted by atomic mass is 10.1. The molecular weight excluding hydrogens is 290 g/mol. The zero-order chi connectivity index (χ0) is 14.7. The van der Waals surface area contributed by atoms with Crippen molar-refractivity contribution in [1.82, 2.24) is 10.2 Å². The third-order valence-corrected chi connectivity index (χ3v) is 2.84. The number of anilines is 1. The molecule has 104 valence electrons. The van der Waals surface area contributed by atoms with Crippen molar-refractivity contribution >= 4 is 23.0 Å². The molecule has 2 N–H and O–H groups in total. The van der Waals surface area contributed by atoms with Gasteiger partial charge in [-0.1, -0.05) is 17.7 Å². The van der Waals surface area contributed by atoms with Crippen molar-refractivity contribution < 1.29 is 8.78 Å². The van der Waals surface area contributed by atoms with Crippen LogP contribution in [0.2, 0.25) is 5.02 Å². The minimum Gasteiger partial charge on any atom is -0.275 e. The van der Waals surface area contributed by atoms with E-state index in [9.17, 15) is 13.6 Å². The zero-order valence-electron chi connectivity index (χ0n) is 10.2. The maximum atomic E-state index is 13.5. The Morgan fingerprint density at radius 3 is 2.70 bits per heavy atom. The molecule has 1 heterocycles. The van der Waals surface area contributed by atoms with Crippen LogP contribution in [0.15, 0.2) is 34.3 Å². The van der Waals surface area contributed by atoms with Gasteiger partial charge in [0, 0.05) is 0 Å². The highest BCUT2D eigenvalue weighted by molar-refractivity contribution is 6.32.